The zero-order valence-electron chi connectivity index (χ0n) is 10.8. The molecular formula is C14H26N2O. The van der Waals surface area contributed by atoms with Crippen molar-refractivity contribution in [3.8, 4) is 0 Å². The summed E-state index contributed by atoms with van der Waals surface area (Å²) in [6, 6.07) is 0. The molecule has 1 amide bonds. The molecule has 1 saturated heterocycles. The van der Waals surface area contributed by atoms with E-state index >= 15 is 0 Å². The number of hydrogen-bond acceptors (Lipinski definition) is 2. The molecule has 2 rings (SSSR count). The van der Waals surface area contributed by atoms with Gasteiger partial charge >= 0.3 is 0 Å². The first-order valence-electron chi connectivity index (χ1n) is 7.32. The lowest BCUT2D eigenvalue weighted by Gasteiger charge is -2.22. The highest BCUT2D eigenvalue weighted by molar-refractivity contribution is 5.75. The zero-order valence-corrected chi connectivity index (χ0v) is 10.8. The Morgan fingerprint density at radius 2 is 1.88 bits per heavy atom. The average molecular weight is 238 g/mol. The molecular weight excluding hydrogens is 212 g/mol. The van der Waals surface area contributed by atoms with Crippen LogP contribution in [0.15, 0.2) is 0 Å². The van der Waals surface area contributed by atoms with Crippen LogP contribution in [0.5, 0.6) is 0 Å². The van der Waals surface area contributed by atoms with Crippen LogP contribution >= 0.6 is 0 Å². The number of carbonyl (C=O) groups excluding carboxylic acids is 1. The predicted octanol–water partition coefficient (Wildman–Crippen LogP) is 2.07. The fourth-order valence-electron chi connectivity index (χ4n) is 3.07. The lowest BCUT2D eigenvalue weighted by atomic mass is 9.94. The summed E-state index contributed by atoms with van der Waals surface area (Å²) in [4.78, 5) is 11.7. The van der Waals surface area contributed by atoms with Crippen LogP contribution < -0.4 is 10.6 Å². The molecule has 0 aromatic heterocycles. The Morgan fingerprint density at radius 1 is 1.12 bits per heavy atom. The summed E-state index contributed by atoms with van der Waals surface area (Å²) < 4.78 is 0. The molecule has 1 unspecified atom stereocenters. The number of amides is 1. The second kappa shape index (κ2) is 7.00. The molecule has 0 aromatic rings. The minimum atomic E-state index is 0.266. The fourth-order valence-corrected chi connectivity index (χ4v) is 3.07. The monoisotopic (exact) mass is 238 g/mol. The van der Waals surface area contributed by atoms with E-state index in [1.54, 1.807) is 0 Å². The molecule has 0 bridgehead atoms. The molecule has 3 nitrogen and oxygen atoms in total. The van der Waals surface area contributed by atoms with Crippen molar-refractivity contribution < 1.29 is 4.79 Å². The molecule has 0 radical (unpaired) electrons. The molecule has 1 aliphatic heterocycles. The van der Waals surface area contributed by atoms with E-state index in [4.69, 9.17) is 0 Å². The quantitative estimate of drug-likeness (QED) is 0.770. The van der Waals surface area contributed by atoms with Gasteiger partial charge < -0.3 is 10.6 Å². The van der Waals surface area contributed by atoms with E-state index in [-0.39, 0.29) is 5.91 Å². The minimum absolute atomic E-state index is 0.266. The molecule has 2 aliphatic rings. The Morgan fingerprint density at radius 3 is 2.59 bits per heavy atom. The van der Waals surface area contributed by atoms with Crippen molar-refractivity contribution in [3.05, 3.63) is 0 Å². The van der Waals surface area contributed by atoms with Crippen LogP contribution in [0.2, 0.25) is 0 Å². The SMILES string of the molecule is O=C(CCC1CCCNC1)NCC1CCCC1. The van der Waals surface area contributed by atoms with Gasteiger partial charge in [0.1, 0.15) is 0 Å². The molecule has 2 N–H and O–H groups in total. The number of piperidine rings is 1. The Kier molecular flexibility index (Phi) is 5.30. The first kappa shape index (κ1) is 12.9. The summed E-state index contributed by atoms with van der Waals surface area (Å²) >= 11 is 0. The highest BCUT2D eigenvalue weighted by atomic mass is 16.1. The van der Waals surface area contributed by atoms with E-state index in [9.17, 15) is 4.79 Å². The molecule has 3 heteroatoms. The second-order valence-corrected chi connectivity index (χ2v) is 5.71. The maximum Gasteiger partial charge on any atom is 0.220 e. The lowest BCUT2D eigenvalue weighted by Crippen LogP contribution is -2.32. The normalized spacial score (nSPS) is 26.0. The molecule has 0 spiro atoms. The van der Waals surface area contributed by atoms with Crippen LogP contribution in [0.1, 0.15) is 51.4 Å². The molecule has 2 fully saturated rings. The summed E-state index contributed by atoms with van der Waals surface area (Å²) in [5.74, 6) is 1.75. The third-order valence-electron chi connectivity index (χ3n) is 4.24. The largest absolute Gasteiger partial charge is 0.356 e. The van der Waals surface area contributed by atoms with Crippen LogP contribution in [0.25, 0.3) is 0 Å². The van der Waals surface area contributed by atoms with Gasteiger partial charge in [-0.15, -0.1) is 0 Å². The van der Waals surface area contributed by atoms with Crippen molar-refractivity contribution in [2.45, 2.75) is 51.4 Å². The van der Waals surface area contributed by atoms with Gasteiger partial charge in [-0.3, -0.25) is 4.79 Å². The van der Waals surface area contributed by atoms with Crippen molar-refractivity contribution in [1.82, 2.24) is 10.6 Å². The lowest BCUT2D eigenvalue weighted by molar-refractivity contribution is -0.121. The molecule has 17 heavy (non-hydrogen) atoms. The Hall–Kier alpha value is -0.570. The van der Waals surface area contributed by atoms with Crippen LogP contribution in [0, 0.1) is 11.8 Å². The van der Waals surface area contributed by atoms with Gasteiger partial charge in [0.25, 0.3) is 0 Å². The Bertz CT molecular complexity index is 230. The molecule has 1 heterocycles. The molecule has 98 valence electrons. The van der Waals surface area contributed by atoms with E-state index in [1.165, 1.54) is 38.5 Å². The standard InChI is InChI=1S/C14H26N2O/c17-14(16-11-12-4-1-2-5-12)8-7-13-6-3-9-15-10-13/h12-13,15H,1-11H2,(H,16,17). The maximum atomic E-state index is 11.7. The number of nitrogens with one attached hydrogen (secondary N) is 2. The number of hydrogen-bond donors (Lipinski definition) is 2. The smallest absolute Gasteiger partial charge is 0.220 e. The van der Waals surface area contributed by atoms with Crippen LogP contribution in [0.3, 0.4) is 0 Å². The molecule has 0 aromatic carbocycles. The van der Waals surface area contributed by atoms with Crippen molar-refractivity contribution in [1.29, 1.82) is 0 Å². The summed E-state index contributed by atoms with van der Waals surface area (Å²) in [5, 5.41) is 6.51. The maximum absolute atomic E-state index is 11.7. The van der Waals surface area contributed by atoms with E-state index in [1.807, 2.05) is 0 Å². The van der Waals surface area contributed by atoms with Gasteiger partial charge in [-0.05, 0) is 57.0 Å². The third-order valence-corrected chi connectivity index (χ3v) is 4.24. The number of carbonyl (C=O) groups is 1. The van der Waals surface area contributed by atoms with Crippen LogP contribution in [-0.2, 0) is 4.79 Å². The van der Waals surface area contributed by atoms with E-state index in [0.717, 1.165) is 44.3 Å². The summed E-state index contributed by atoms with van der Waals surface area (Å²) in [6.45, 7) is 3.18. The predicted molar refractivity (Wildman–Crippen MR) is 69.8 cm³/mol. The highest BCUT2D eigenvalue weighted by Crippen LogP contribution is 2.23. The van der Waals surface area contributed by atoms with E-state index in [2.05, 4.69) is 10.6 Å². The summed E-state index contributed by atoms with van der Waals surface area (Å²) in [5.41, 5.74) is 0. The van der Waals surface area contributed by atoms with Crippen molar-refractivity contribution in [2.75, 3.05) is 19.6 Å². The average Bonchev–Trinajstić information content (AvgIpc) is 2.88. The van der Waals surface area contributed by atoms with Gasteiger partial charge in [0.15, 0.2) is 0 Å². The van der Waals surface area contributed by atoms with Crippen LogP contribution in [-0.4, -0.2) is 25.5 Å². The van der Waals surface area contributed by atoms with Gasteiger partial charge in [0.2, 0.25) is 5.91 Å². The van der Waals surface area contributed by atoms with E-state index < -0.39 is 0 Å². The van der Waals surface area contributed by atoms with Gasteiger partial charge in [0, 0.05) is 13.0 Å². The van der Waals surface area contributed by atoms with Crippen molar-refractivity contribution >= 4 is 5.91 Å². The first-order chi connectivity index (χ1) is 8.34. The van der Waals surface area contributed by atoms with Crippen molar-refractivity contribution in [2.24, 2.45) is 11.8 Å². The molecule has 1 aliphatic carbocycles. The van der Waals surface area contributed by atoms with E-state index in [0.29, 0.717) is 0 Å². The Balaban J connectivity index is 1.53. The second-order valence-electron chi connectivity index (χ2n) is 5.71. The van der Waals surface area contributed by atoms with Gasteiger partial charge in [0.05, 0.1) is 0 Å². The first-order valence-corrected chi connectivity index (χ1v) is 7.32. The third kappa shape index (κ3) is 4.66. The summed E-state index contributed by atoms with van der Waals surface area (Å²) in [7, 11) is 0. The minimum Gasteiger partial charge on any atom is -0.356 e. The Labute approximate surface area is 105 Å². The highest BCUT2D eigenvalue weighted by Gasteiger charge is 2.17. The van der Waals surface area contributed by atoms with Gasteiger partial charge in [-0.25, -0.2) is 0 Å². The fraction of sp³-hybridized carbons (Fsp3) is 0.929. The summed E-state index contributed by atoms with van der Waals surface area (Å²) in [6.07, 6.45) is 9.68. The van der Waals surface area contributed by atoms with Crippen molar-refractivity contribution in [3.63, 3.8) is 0 Å². The zero-order chi connectivity index (χ0) is 11.9. The topological polar surface area (TPSA) is 41.1 Å². The number of rotatable bonds is 5. The molecule has 1 saturated carbocycles. The molecule has 1 atom stereocenters. The van der Waals surface area contributed by atoms with Gasteiger partial charge in [-0.2, -0.15) is 0 Å². The van der Waals surface area contributed by atoms with Gasteiger partial charge in [-0.1, -0.05) is 12.8 Å². The van der Waals surface area contributed by atoms with Crippen LogP contribution in [0.4, 0.5) is 0 Å².